The molecule has 27 heavy (non-hydrogen) atoms. The summed E-state index contributed by atoms with van der Waals surface area (Å²) >= 11 is 4.67. The number of anilines is 1. The van der Waals surface area contributed by atoms with E-state index in [1.165, 1.54) is 16.4 Å². The van der Waals surface area contributed by atoms with E-state index >= 15 is 0 Å². The highest BCUT2D eigenvalue weighted by atomic mass is 79.9. The lowest BCUT2D eigenvalue weighted by atomic mass is 10.2. The lowest BCUT2D eigenvalue weighted by Gasteiger charge is -2.12. The van der Waals surface area contributed by atoms with Crippen molar-refractivity contribution in [3.63, 3.8) is 0 Å². The van der Waals surface area contributed by atoms with Gasteiger partial charge in [0.25, 0.3) is 0 Å². The zero-order valence-electron chi connectivity index (χ0n) is 14.3. The molecule has 0 radical (unpaired) electrons. The summed E-state index contributed by atoms with van der Waals surface area (Å²) in [5, 5.41) is 19.9. The number of hydrogen-bond donors (Lipinski definition) is 2. The van der Waals surface area contributed by atoms with Crippen molar-refractivity contribution in [2.45, 2.75) is 17.3 Å². The topological polar surface area (TPSA) is 110 Å². The monoisotopic (exact) mass is 442 g/mol. The Labute approximate surface area is 168 Å². The molecule has 0 aliphatic rings. The van der Waals surface area contributed by atoms with Gasteiger partial charge in [0.15, 0.2) is 5.82 Å². The quantitative estimate of drug-likeness (QED) is 0.462. The Bertz CT molecular complexity index is 1030. The second-order valence-electron chi connectivity index (χ2n) is 5.60. The van der Waals surface area contributed by atoms with Gasteiger partial charge in [-0.3, -0.25) is 4.79 Å². The molecule has 1 atom stereocenters. The molecule has 136 valence electrons. The van der Waals surface area contributed by atoms with Crippen molar-refractivity contribution < 1.29 is 4.79 Å². The van der Waals surface area contributed by atoms with E-state index in [9.17, 15) is 4.79 Å². The Morgan fingerprint density at radius 2 is 2.07 bits per heavy atom. The third kappa shape index (κ3) is 4.30. The smallest absolute Gasteiger partial charge is 0.237 e. The number of rotatable bonds is 5. The van der Waals surface area contributed by atoms with Crippen molar-refractivity contribution in [3.8, 4) is 17.5 Å². The third-order valence-corrected chi connectivity index (χ3v) is 5.44. The summed E-state index contributed by atoms with van der Waals surface area (Å²) in [7, 11) is 0. The highest BCUT2D eigenvalue weighted by Gasteiger charge is 2.20. The van der Waals surface area contributed by atoms with E-state index in [1.807, 2.05) is 30.3 Å². The minimum atomic E-state index is -0.464. The first-order valence-corrected chi connectivity index (χ1v) is 9.60. The Kier molecular flexibility index (Phi) is 5.78. The number of nitrogens with two attached hydrogens (primary N) is 1. The summed E-state index contributed by atoms with van der Waals surface area (Å²) in [5.41, 5.74) is 1.85. The van der Waals surface area contributed by atoms with E-state index in [0.717, 1.165) is 10.0 Å². The van der Waals surface area contributed by atoms with Gasteiger partial charge in [-0.2, -0.15) is 5.26 Å². The lowest BCUT2D eigenvalue weighted by molar-refractivity contribution is -0.115. The molecule has 3 N–H and O–H groups in total. The average Bonchev–Trinajstić information content (AvgIpc) is 3.02. The summed E-state index contributed by atoms with van der Waals surface area (Å²) < 4.78 is 2.22. The molecule has 0 unspecified atom stereocenters. The van der Waals surface area contributed by atoms with Crippen LogP contribution in [0.15, 0.2) is 58.2 Å². The summed E-state index contributed by atoms with van der Waals surface area (Å²) in [4.78, 5) is 12.4. The number of nitrogens with one attached hydrogen (secondary N) is 1. The van der Waals surface area contributed by atoms with Crippen LogP contribution in [0, 0.1) is 11.3 Å². The van der Waals surface area contributed by atoms with Crippen LogP contribution >= 0.6 is 27.7 Å². The molecule has 0 saturated heterocycles. The maximum absolute atomic E-state index is 12.4. The van der Waals surface area contributed by atoms with Gasteiger partial charge in [-0.1, -0.05) is 45.9 Å². The molecule has 9 heteroatoms. The number of amides is 1. The molecular weight excluding hydrogens is 428 g/mol. The van der Waals surface area contributed by atoms with E-state index in [0.29, 0.717) is 22.2 Å². The second kappa shape index (κ2) is 8.24. The number of carbonyl (C=O) groups is 1. The molecule has 0 aliphatic heterocycles. The largest absolute Gasteiger partial charge is 0.335 e. The number of halogens is 1. The zero-order valence-corrected chi connectivity index (χ0v) is 16.7. The maximum Gasteiger partial charge on any atom is 0.237 e. The fourth-order valence-corrected chi connectivity index (χ4v) is 3.54. The van der Waals surface area contributed by atoms with E-state index in [4.69, 9.17) is 11.1 Å². The van der Waals surface area contributed by atoms with Gasteiger partial charge in [-0.15, -0.1) is 10.2 Å². The fourth-order valence-electron chi connectivity index (χ4n) is 2.31. The van der Waals surface area contributed by atoms with Gasteiger partial charge in [0.05, 0.1) is 16.9 Å². The van der Waals surface area contributed by atoms with Crippen LogP contribution in [0.3, 0.4) is 0 Å². The van der Waals surface area contributed by atoms with E-state index < -0.39 is 5.25 Å². The molecule has 0 aliphatic carbocycles. The zero-order chi connectivity index (χ0) is 19.4. The van der Waals surface area contributed by atoms with E-state index in [1.54, 1.807) is 31.2 Å². The Balaban J connectivity index is 1.73. The Hall–Kier alpha value is -2.83. The number of carbonyl (C=O) groups excluding carboxylic acids is 1. The van der Waals surface area contributed by atoms with Crippen LogP contribution in [0.2, 0.25) is 0 Å². The molecule has 2 aromatic carbocycles. The maximum atomic E-state index is 12.4. The molecule has 7 nitrogen and oxygen atoms in total. The summed E-state index contributed by atoms with van der Waals surface area (Å²) in [6, 6.07) is 16.3. The van der Waals surface area contributed by atoms with Crippen LogP contribution in [0.4, 0.5) is 5.69 Å². The summed E-state index contributed by atoms with van der Waals surface area (Å²) in [5.74, 6) is 6.40. The predicted molar refractivity (Wildman–Crippen MR) is 108 cm³/mol. The molecule has 0 saturated carbocycles. The fraction of sp³-hybridized carbons (Fsp3) is 0.111. The average molecular weight is 443 g/mol. The van der Waals surface area contributed by atoms with Crippen molar-refractivity contribution in [2.75, 3.05) is 11.2 Å². The normalized spacial score (nSPS) is 11.6. The van der Waals surface area contributed by atoms with Crippen molar-refractivity contribution in [1.82, 2.24) is 14.9 Å². The summed E-state index contributed by atoms with van der Waals surface area (Å²) in [6.45, 7) is 1.75. The number of nitrogen functional groups attached to an aromatic ring is 1. The van der Waals surface area contributed by atoms with Crippen LogP contribution in [-0.2, 0) is 4.79 Å². The molecule has 1 heterocycles. The molecule has 1 aromatic heterocycles. The lowest BCUT2D eigenvalue weighted by Crippen LogP contribution is -2.23. The van der Waals surface area contributed by atoms with Crippen molar-refractivity contribution in [3.05, 3.63) is 58.6 Å². The van der Waals surface area contributed by atoms with Crippen molar-refractivity contribution in [2.24, 2.45) is 0 Å². The third-order valence-electron chi connectivity index (χ3n) is 3.69. The van der Waals surface area contributed by atoms with Gasteiger partial charge >= 0.3 is 0 Å². The molecule has 0 fully saturated rings. The van der Waals surface area contributed by atoms with Gasteiger partial charge in [-0.05, 0) is 37.3 Å². The SMILES string of the molecule is C[C@H](Sc1nnc(-c2ccccc2Br)n1N)C(=O)Nc1cccc(C#N)c1. The van der Waals surface area contributed by atoms with Crippen LogP contribution in [0.1, 0.15) is 12.5 Å². The number of nitriles is 1. The first-order valence-electron chi connectivity index (χ1n) is 7.92. The van der Waals surface area contributed by atoms with Crippen LogP contribution in [-0.4, -0.2) is 26.0 Å². The van der Waals surface area contributed by atoms with Gasteiger partial charge in [0.2, 0.25) is 11.1 Å². The predicted octanol–water partition coefficient (Wildman–Crippen LogP) is 3.41. The standard InChI is InChI=1S/C18H15BrN6OS/c1-11(17(26)22-13-6-4-5-12(9-13)10-20)27-18-24-23-16(25(18)21)14-7-2-3-8-15(14)19/h2-9,11H,21H2,1H3,(H,22,26)/t11-/m0/s1. The number of hydrogen-bond acceptors (Lipinski definition) is 6. The number of nitrogens with zero attached hydrogens (tertiary/aromatic N) is 4. The number of aromatic nitrogens is 3. The van der Waals surface area contributed by atoms with Crippen LogP contribution in [0.5, 0.6) is 0 Å². The molecule has 1 amide bonds. The Morgan fingerprint density at radius 1 is 1.30 bits per heavy atom. The number of thioether (sulfide) groups is 1. The number of benzene rings is 2. The molecule has 0 spiro atoms. The molecular formula is C18H15BrN6OS. The molecule has 3 aromatic rings. The van der Waals surface area contributed by atoms with Gasteiger partial charge in [-0.25, -0.2) is 4.68 Å². The Morgan fingerprint density at radius 3 is 2.81 bits per heavy atom. The van der Waals surface area contributed by atoms with Crippen molar-refractivity contribution in [1.29, 1.82) is 5.26 Å². The minimum Gasteiger partial charge on any atom is -0.335 e. The van der Waals surface area contributed by atoms with Gasteiger partial charge < -0.3 is 11.2 Å². The highest BCUT2D eigenvalue weighted by molar-refractivity contribution is 9.10. The van der Waals surface area contributed by atoms with E-state index in [-0.39, 0.29) is 5.91 Å². The van der Waals surface area contributed by atoms with Crippen LogP contribution in [0.25, 0.3) is 11.4 Å². The van der Waals surface area contributed by atoms with Crippen LogP contribution < -0.4 is 11.2 Å². The molecule has 0 bridgehead atoms. The minimum absolute atomic E-state index is 0.222. The first-order chi connectivity index (χ1) is 13.0. The highest BCUT2D eigenvalue weighted by Crippen LogP contribution is 2.29. The van der Waals surface area contributed by atoms with E-state index in [2.05, 4.69) is 31.4 Å². The molecule has 3 rings (SSSR count). The second-order valence-corrected chi connectivity index (χ2v) is 7.76. The van der Waals surface area contributed by atoms with Gasteiger partial charge in [0.1, 0.15) is 0 Å². The summed E-state index contributed by atoms with van der Waals surface area (Å²) in [6.07, 6.45) is 0. The van der Waals surface area contributed by atoms with Crippen molar-refractivity contribution >= 4 is 39.3 Å². The first kappa shape index (κ1) is 18.9. The van der Waals surface area contributed by atoms with Gasteiger partial charge in [0, 0.05) is 15.7 Å².